The molecular formula is C13H8F8N6O. The van der Waals surface area contributed by atoms with Crippen molar-refractivity contribution in [3.8, 4) is 11.1 Å². The standard InChI is InChI=1S/C13H8F8N6O/c1-25-10-24-8(12(16,17)18)7(9(28)27(10)5-23-25)6-2-22-26(3-6)4-11(14,15)13(19,20)21/h2-3,5H,4H2,1H3. The second-order valence-electron chi connectivity index (χ2n) is 5.69. The summed E-state index contributed by atoms with van der Waals surface area (Å²) in [5, 5.41) is 6.81. The molecule has 0 aromatic carbocycles. The van der Waals surface area contributed by atoms with Gasteiger partial charge in [0.1, 0.15) is 12.9 Å². The summed E-state index contributed by atoms with van der Waals surface area (Å²) in [7, 11) is 1.23. The number of hydrogen-bond donors (Lipinski definition) is 0. The highest BCUT2D eigenvalue weighted by molar-refractivity contribution is 5.65. The molecule has 3 heterocycles. The van der Waals surface area contributed by atoms with Crippen LogP contribution in [0.5, 0.6) is 0 Å². The maximum Gasteiger partial charge on any atom is 0.455 e. The molecule has 0 fully saturated rings. The van der Waals surface area contributed by atoms with E-state index in [9.17, 15) is 39.9 Å². The van der Waals surface area contributed by atoms with Crippen LogP contribution in [0.15, 0.2) is 23.5 Å². The van der Waals surface area contributed by atoms with Gasteiger partial charge in [-0.25, -0.2) is 14.1 Å². The third-order valence-electron chi connectivity index (χ3n) is 3.69. The molecule has 0 unspecified atom stereocenters. The van der Waals surface area contributed by atoms with Crippen molar-refractivity contribution >= 4 is 5.78 Å². The van der Waals surface area contributed by atoms with Gasteiger partial charge in [-0.1, -0.05) is 0 Å². The molecule has 0 radical (unpaired) electrons. The van der Waals surface area contributed by atoms with Crippen molar-refractivity contribution in [3.63, 3.8) is 0 Å². The smallest absolute Gasteiger partial charge is 0.268 e. The highest BCUT2D eigenvalue weighted by Crippen LogP contribution is 2.37. The molecule has 0 aliphatic carbocycles. The Hall–Kier alpha value is -3.00. The molecule has 0 amide bonds. The average molecular weight is 416 g/mol. The van der Waals surface area contributed by atoms with E-state index in [1.807, 2.05) is 0 Å². The third kappa shape index (κ3) is 3.20. The lowest BCUT2D eigenvalue weighted by molar-refractivity contribution is -0.287. The van der Waals surface area contributed by atoms with Gasteiger partial charge in [-0.05, 0) is 0 Å². The molecular weight excluding hydrogens is 408 g/mol. The number of hydrogen-bond acceptors (Lipinski definition) is 4. The Kier molecular flexibility index (Phi) is 4.23. The summed E-state index contributed by atoms with van der Waals surface area (Å²) in [6, 6.07) is 0. The van der Waals surface area contributed by atoms with Crippen molar-refractivity contribution in [2.24, 2.45) is 7.05 Å². The SMILES string of the molecule is Cn1ncn2c(=O)c(-c3cnn(CC(F)(F)C(F)(F)F)c3)c(C(F)(F)F)nc12. The van der Waals surface area contributed by atoms with Crippen molar-refractivity contribution in [2.45, 2.75) is 24.8 Å². The predicted molar refractivity (Wildman–Crippen MR) is 75.5 cm³/mol. The van der Waals surface area contributed by atoms with Crippen LogP contribution in [0.1, 0.15) is 5.69 Å². The predicted octanol–water partition coefficient (Wildman–Crippen LogP) is 2.51. The fraction of sp³-hybridized carbons (Fsp3) is 0.385. The fourth-order valence-corrected chi connectivity index (χ4v) is 2.37. The Morgan fingerprint density at radius 1 is 1.04 bits per heavy atom. The van der Waals surface area contributed by atoms with Gasteiger partial charge in [0, 0.05) is 18.8 Å². The van der Waals surface area contributed by atoms with Crippen molar-refractivity contribution in [1.29, 1.82) is 0 Å². The van der Waals surface area contributed by atoms with Gasteiger partial charge in [-0.2, -0.15) is 45.3 Å². The highest BCUT2D eigenvalue weighted by atomic mass is 19.4. The van der Waals surface area contributed by atoms with Crippen LogP contribution < -0.4 is 5.56 Å². The molecule has 0 saturated heterocycles. The van der Waals surface area contributed by atoms with Crippen LogP contribution in [0.25, 0.3) is 16.9 Å². The molecule has 15 heteroatoms. The molecule has 0 aliphatic heterocycles. The minimum atomic E-state index is -5.88. The summed E-state index contributed by atoms with van der Waals surface area (Å²) in [5.41, 5.74) is -4.57. The van der Waals surface area contributed by atoms with Crippen molar-refractivity contribution in [3.05, 3.63) is 34.8 Å². The molecule has 0 saturated carbocycles. The molecule has 3 aromatic rings. The lowest BCUT2D eigenvalue weighted by Gasteiger charge is -2.19. The fourth-order valence-electron chi connectivity index (χ4n) is 2.37. The van der Waals surface area contributed by atoms with Crippen LogP contribution in [0.3, 0.4) is 0 Å². The zero-order chi connectivity index (χ0) is 21.1. The Morgan fingerprint density at radius 2 is 1.68 bits per heavy atom. The first kappa shape index (κ1) is 19.8. The molecule has 3 aromatic heterocycles. The summed E-state index contributed by atoms with van der Waals surface area (Å²) in [5.74, 6) is -5.62. The Balaban J connectivity index is 2.16. The zero-order valence-electron chi connectivity index (χ0n) is 13.6. The van der Waals surface area contributed by atoms with Crippen LogP contribution in [0, 0.1) is 0 Å². The first-order chi connectivity index (χ1) is 12.7. The van der Waals surface area contributed by atoms with Gasteiger partial charge >= 0.3 is 18.3 Å². The molecule has 0 N–H and O–H groups in total. The summed E-state index contributed by atoms with van der Waals surface area (Å²) in [6.45, 7) is -1.97. The number of aryl methyl sites for hydroxylation is 1. The minimum Gasteiger partial charge on any atom is -0.268 e. The summed E-state index contributed by atoms with van der Waals surface area (Å²) >= 11 is 0. The highest BCUT2D eigenvalue weighted by Gasteiger charge is 2.57. The van der Waals surface area contributed by atoms with E-state index in [-0.39, 0.29) is 4.68 Å². The first-order valence-electron chi connectivity index (χ1n) is 7.21. The van der Waals surface area contributed by atoms with E-state index in [2.05, 4.69) is 15.2 Å². The van der Waals surface area contributed by atoms with E-state index in [1.165, 1.54) is 7.05 Å². The maximum absolute atomic E-state index is 13.4. The number of halogens is 8. The average Bonchev–Trinajstić information content (AvgIpc) is 3.12. The zero-order valence-corrected chi connectivity index (χ0v) is 13.6. The molecule has 3 rings (SSSR count). The molecule has 0 spiro atoms. The molecule has 0 bridgehead atoms. The third-order valence-corrected chi connectivity index (χ3v) is 3.69. The first-order valence-corrected chi connectivity index (χ1v) is 7.21. The van der Waals surface area contributed by atoms with Gasteiger partial charge < -0.3 is 0 Å². The van der Waals surface area contributed by atoms with Gasteiger partial charge in [0.2, 0.25) is 5.78 Å². The van der Waals surface area contributed by atoms with E-state index in [1.54, 1.807) is 0 Å². The van der Waals surface area contributed by atoms with E-state index in [0.717, 1.165) is 11.0 Å². The number of aromatic nitrogens is 6. The molecule has 28 heavy (non-hydrogen) atoms. The summed E-state index contributed by atoms with van der Waals surface area (Å²) < 4.78 is 105. The van der Waals surface area contributed by atoms with Gasteiger partial charge in [0.15, 0.2) is 5.69 Å². The monoisotopic (exact) mass is 416 g/mol. The van der Waals surface area contributed by atoms with E-state index < -0.39 is 53.0 Å². The Bertz CT molecular complexity index is 1090. The number of nitrogens with zero attached hydrogens (tertiary/aromatic N) is 6. The van der Waals surface area contributed by atoms with Gasteiger partial charge in [0.25, 0.3) is 5.56 Å². The van der Waals surface area contributed by atoms with E-state index >= 15 is 0 Å². The van der Waals surface area contributed by atoms with Gasteiger partial charge in [0.05, 0.1) is 11.8 Å². The number of rotatable bonds is 3. The van der Waals surface area contributed by atoms with Gasteiger partial charge in [-0.3, -0.25) is 9.48 Å². The van der Waals surface area contributed by atoms with E-state index in [4.69, 9.17) is 0 Å². The second-order valence-corrected chi connectivity index (χ2v) is 5.69. The maximum atomic E-state index is 13.4. The quantitative estimate of drug-likeness (QED) is 0.616. The van der Waals surface area contributed by atoms with Crippen molar-refractivity contribution in [2.75, 3.05) is 0 Å². The lowest BCUT2D eigenvalue weighted by Crippen LogP contribution is -2.40. The molecule has 0 aliphatic rings. The van der Waals surface area contributed by atoms with E-state index in [0.29, 0.717) is 16.8 Å². The minimum absolute atomic E-state index is 0.0977. The van der Waals surface area contributed by atoms with Crippen LogP contribution in [-0.4, -0.2) is 41.0 Å². The van der Waals surface area contributed by atoms with Crippen LogP contribution in [0.2, 0.25) is 0 Å². The topological polar surface area (TPSA) is 70.0 Å². The number of fused-ring (bicyclic) bond motifs is 1. The molecule has 152 valence electrons. The molecule has 0 atom stereocenters. The number of alkyl halides is 8. The van der Waals surface area contributed by atoms with Crippen LogP contribution >= 0.6 is 0 Å². The lowest BCUT2D eigenvalue weighted by atomic mass is 10.1. The summed E-state index contributed by atoms with van der Waals surface area (Å²) in [6.07, 6.45) is -9.06. The van der Waals surface area contributed by atoms with Crippen LogP contribution in [0.4, 0.5) is 35.1 Å². The van der Waals surface area contributed by atoms with Gasteiger partial charge in [-0.15, -0.1) is 0 Å². The largest absolute Gasteiger partial charge is 0.455 e. The summed E-state index contributed by atoms with van der Waals surface area (Å²) in [4.78, 5) is 15.8. The molecule has 7 nitrogen and oxygen atoms in total. The Morgan fingerprint density at radius 3 is 2.25 bits per heavy atom. The van der Waals surface area contributed by atoms with Crippen molar-refractivity contribution in [1.82, 2.24) is 28.9 Å². The van der Waals surface area contributed by atoms with Crippen LogP contribution in [-0.2, 0) is 19.8 Å². The second kappa shape index (κ2) is 6.00. The Labute approximate surface area is 148 Å². The van der Waals surface area contributed by atoms with Crippen molar-refractivity contribution < 1.29 is 35.1 Å². The normalized spacial score (nSPS) is 13.5.